The summed E-state index contributed by atoms with van der Waals surface area (Å²) in [6.45, 7) is 0. The van der Waals surface area contributed by atoms with E-state index in [0.29, 0.717) is 6.20 Å². The summed E-state index contributed by atoms with van der Waals surface area (Å²) in [6, 6.07) is 1.35. The van der Waals surface area contributed by atoms with Crippen LogP contribution in [0.4, 0.5) is 8.78 Å². The van der Waals surface area contributed by atoms with Gasteiger partial charge in [0.05, 0.1) is 5.56 Å². The van der Waals surface area contributed by atoms with E-state index in [9.17, 15) is 22.0 Å². The second-order valence-electron chi connectivity index (χ2n) is 2.63. The van der Waals surface area contributed by atoms with Crippen molar-refractivity contribution in [2.45, 2.75) is 11.3 Å². The predicted molar refractivity (Wildman–Crippen MR) is 49.8 cm³/mol. The van der Waals surface area contributed by atoms with Gasteiger partial charge in [0, 0.05) is 16.9 Å². The van der Waals surface area contributed by atoms with Gasteiger partial charge in [-0.05, 0) is 0 Å². The van der Waals surface area contributed by atoms with Crippen molar-refractivity contribution in [1.29, 1.82) is 5.26 Å². The molecule has 1 rings (SSSR count). The molecule has 0 saturated carbocycles. The highest BCUT2D eigenvalue weighted by Crippen LogP contribution is 2.19. The Kier molecular flexibility index (Phi) is 3.30. The smallest absolute Gasteiger partial charge is 0.269 e. The number of H-pyrrole nitrogens is 1. The first-order valence-corrected chi connectivity index (χ1v) is 5.98. The highest BCUT2D eigenvalue weighted by Gasteiger charge is 2.25. The van der Waals surface area contributed by atoms with Crippen LogP contribution in [0, 0.1) is 11.3 Å². The van der Waals surface area contributed by atoms with E-state index in [4.69, 9.17) is 15.9 Å². The number of pyridine rings is 1. The van der Waals surface area contributed by atoms with Crippen LogP contribution in [0.25, 0.3) is 0 Å². The molecule has 0 amide bonds. The zero-order valence-corrected chi connectivity index (χ0v) is 8.94. The number of aromatic nitrogens is 1. The van der Waals surface area contributed by atoms with Crippen molar-refractivity contribution >= 4 is 19.7 Å². The maximum absolute atomic E-state index is 12.3. The van der Waals surface area contributed by atoms with Crippen LogP contribution in [0.15, 0.2) is 15.9 Å². The summed E-state index contributed by atoms with van der Waals surface area (Å²) in [5.41, 5.74) is -3.21. The molecule has 0 aliphatic carbocycles. The van der Waals surface area contributed by atoms with Crippen LogP contribution < -0.4 is 5.43 Å². The van der Waals surface area contributed by atoms with Crippen molar-refractivity contribution in [2.24, 2.45) is 0 Å². The quantitative estimate of drug-likeness (QED) is 0.814. The Hall–Kier alpha value is -1.46. The van der Waals surface area contributed by atoms with Crippen molar-refractivity contribution in [2.75, 3.05) is 0 Å². The van der Waals surface area contributed by atoms with Crippen molar-refractivity contribution in [3.05, 3.63) is 27.7 Å². The van der Waals surface area contributed by atoms with Crippen LogP contribution in [-0.2, 0) is 9.05 Å². The number of nitriles is 1. The lowest BCUT2D eigenvalue weighted by Gasteiger charge is -2.02. The Morgan fingerprint density at radius 2 is 2.06 bits per heavy atom. The summed E-state index contributed by atoms with van der Waals surface area (Å²) in [7, 11) is 0.321. The molecule has 1 aromatic rings. The van der Waals surface area contributed by atoms with Gasteiger partial charge in [-0.15, -0.1) is 0 Å². The van der Waals surface area contributed by atoms with Gasteiger partial charge in [-0.1, -0.05) is 0 Å². The third-order valence-corrected chi connectivity index (χ3v) is 3.00. The summed E-state index contributed by atoms with van der Waals surface area (Å²) < 4.78 is 46.5. The number of alkyl halides is 2. The Morgan fingerprint density at radius 1 is 1.50 bits per heavy atom. The summed E-state index contributed by atoms with van der Waals surface area (Å²) in [5.74, 6) is 0. The molecule has 0 unspecified atom stereocenters. The molecule has 0 aromatic carbocycles. The first kappa shape index (κ1) is 12.6. The third kappa shape index (κ3) is 2.20. The predicted octanol–water partition coefficient (Wildman–Crippen LogP) is 1.11. The molecule has 16 heavy (non-hydrogen) atoms. The molecular weight excluding hydrogens is 266 g/mol. The lowest BCUT2D eigenvalue weighted by Crippen LogP contribution is -2.19. The first-order chi connectivity index (χ1) is 7.29. The van der Waals surface area contributed by atoms with Gasteiger partial charge in [-0.3, -0.25) is 4.79 Å². The number of hydrogen-bond acceptors (Lipinski definition) is 4. The summed E-state index contributed by atoms with van der Waals surface area (Å²) >= 11 is 0. The maximum atomic E-state index is 12.3. The molecular formula is C7H3ClF2N2O3S. The van der Waals surface area contributed by atoms with Gasteiger partial charge in [-0.25, -0.2) is 17.2 Å². The third-order valence-electron chi connectivity index (χ3n) is 1.66. The minimum atomic E-state index is -4.56. The van der Waals surface area contributed by atoms with Crippen LogP contribution in [0.5, 0.6) is 0 Å². The number of nitrogens with one attached hydrogen (secondary N) is 1. The van der Waals surface area contributed by atoms with E-state index < -0.39 is 37.1 Å². The van der Waals surface area contributed by atoms with Gasteiger partial charge in [0.25, 0.3) is 15.5 Å². The van der Waals surface area contributed by atoms with Gasteiger partial charge in [0.15, 0.2) is 4.90 Å². The molecule has 0 bridgehead atoms. The monoisotopic (exact) mass is 268 g/mol. The van der Waals surface area contributed by atoms with E-state index in [1.165, 1.54) is 6.07 Å². The van der Waals surface area contributed by atoms with E-state index in [1.807, 2.05) is 4.98 Å². The van der Waals surface area contributed by atoms with Crippen LogP contribution in [0.1, 0.15) is 17.7 Å². The number of aromatic amines is 1. The molecule has 9 heteroatoms. The van der Waals surface area contributed by atoms with Gasteiger partial charge in [0.1, 0.15) is 11.8 Å². The Labute approximate surface area is 92.7 Å². The largest absolute Gasteiger partial charge is 0.351 e. The molecule has 0 atom stereocenters. The highest BCUT2D eigenvalue weighted by molar-refractivity contribution is 8.13. The van der Waals surface area contributed by atoms with E-state index >= 15 is 0 Å². The summed E-state index contributed by atoms with van der Waals surface area (Å²) in [5, 5.41) is 8.50. The van der Waals surface area contributed by atoms with Gasteiger partial charge >= 0.3 is 0 Å². The lowest BCUT2D eigenvalue weighted by atomic mass is 10.2. The first-order valence-electron chi connectivity index (χ1n) is 3.67. The molecule has 0 aliphatic heterocycles. The zero-order valence-electron chi connectivity index (χ0n) is 7.37. The van der Waals surface area contributed by atoms with E-state index in [-0.39, 0.29) is 0 Å². The van der Waals surface area contributed by atoms with Crippen LogP contribution in [0.3, 0.4) is 0 Å². The number of halogens is 3. The van der Waals surface area contributed by atoms with Crippen molar-refractivity contribution in [1.82, 2.24) is 4.98 Å². The molecule has 0 fully saturated rings. The Morgan fingerprint density at radius 3 is 2.44 bits per heavy atom. The molecule has 0 spiro atoms. The number of rotatable bonds is 2. The van der Waals surface area contributed by atoms with Crippen LogP contribution in [0.2, 0.25) is 0 Å². The van der Waals surface area contributed by atoms with Crippen LogP contribution >= 0.6 is 10.7 Å². The fourth-order valence-electron chi connectivity index (χ4n) is 1.00. The normalized spacial score (nSPS) is 11.4. The second-order valence-corrected chi connectivity index (χ2v) is 5.13. The minimum Gasteiger partial charge on any atom is -0.351 e. The van der Waals surface area contributed by atoms with Crippen molar-refractivity contribution in [3.8, 4) is 6.07 Å². The Bertz CT molecular complexity index is 617. The molecule has 86 valence electrons. The van der Waals surface area contributed by atoms with Crippen molar-refractivity contribution in [3.63, 3.8) is 0 Å². The highest BCUT2D eigenvalue weighted by atomic mass is 35.7. The average molecular weight is 269 g/mol. The van der Waals surface area contributed by atoms with Gasteiger partial charge < -0.3 is 4.98 Å². The second kappa shape index (κ2) is 4.19. The molecule has 1 N–H and O–H groups in total. The number of nitrogens with zero attached hydrogens (tertiary/aromatic N) is 1. The van der Waals surface area contributed by atoms with E-state index in [1.54, 1.807) is 0 Å². The fraction of sp³-hybridized carbons (Fsp3) is 0.143. The average Bonchev–Trinajstić information content (AvgIpc) is 2.14. The summed E-state index contributed by atoms with van der Waals surface area (Å²) in [4.78, 5) is 12.1. The topological polar surface area (TPSA) is 90.8 Å². The molecule has 0 saturated heterocycles. The fourth-order valence-corrected chi connectivity index (χ4v) is 2.13. The summed E-state index contributed by atoms with van der Waals surface area (Å²) in [6.07, 6.45) is -2.58. The van der Waals surface area contributed by atoms with Crippen LogP contribution in [-0.4, -0.2) is 13.4 Å². The maximum Gasteiger partial charge on any atom is 0.269 e. The number of hydrogen-bond donors (Lipinski definition) is 1. The molecule has 1 heterocycles. The van der Waals surface area contributed by atoms with E-state index in [0.717, 1.165) is 0 Å². The molecule has 0 aliphatic rings. The molecule has 1 aromatic heterocycles. The Balaban J connectivity index is 3.77. The van der Waals surface area contributed by atoms with Gasteiger partial charge in [0.2, 0.25) is 5.43 Å². The van der Waals surface area contributed by atoms with Gasteiger partial charge in [-0.2, -0.15) is 5.26 Å². The molecule has 5 nitrogen and oxygen atoms in total. The SMILES string of the molecule is N#Cc1[nH]cc(C(F)F)c(=O)c1S(=O)(=O)Cl. The molecule has 0 radical (unpaired) electrons. The standard InChI is InChI=1S/C7H3ClF2N2O3S/c8-16(14,15)6-4(1-11)12-2-3(5(6)13)7(9)10/h2,7H,(H,12,13). The van der Waals surface area contributed by atoms with E-state index in [2.05, 4.69) is 0 Å². The minimum absolute atomic E-state index is 0.580. The zero-order chi connectivity index (χ0) is 12.5. The van der Waals surface area contributed by atoms with Crippen molar-refractivity contribution < 1.29 is 17.2 Å². The lowest BCUT2D eigenvalue weighted by molar-refractivity contribution is 0.149.